The molecule has 2 aliphatic rings. The van der Waals surface area contributed by atoms with E-state index >= 15 is 0 Å². The van der Waals surface area contributed by atoms with Gasteiger partial charge in [0.25, 0.3) is 0 Å². The molecule has 2 aliphatic heterocycles. The molecular formula is C18H28BrNO4SSi. The van der Waals surface area contributed by atoms with Crippen LogP contribution in [0.5, 0.6) is 0 Å². The molecule has 26 heavy (non-hydrogen) atoms. The number of carbonyl (C=O) groups is 2. The first kappa shape index (κ1) is 21.7. The Labute approximate surface area is 169 Å². The maximum atomic E-state index is 12.8. The molecule has 0 N–H and O–H groups in total. The molecule has 0 saturated carbocycles. The number of nitrogens with zero attached hydrogens (tertiary/aromatic N) is 1. The summed E-state index contributed by atoms with van der Waals surface area (Å²) in [5, 5.41) is 0.497. The summed E-state index contributed by atoms with van der Waals surface area (Å²) in [7, 11) is -1.97. The Morgan fingerprint density at radius 1 is 1.46 bits per heavy atom. The number of hydrogen-bond donors (Lipinski definition) is 0. The standard InChI is InChI=1S/C18H28BrNO4SSi/c1-8-9-23-17(22)14-12(10-19)25-16-13(15(21)20(14)16)11(2)24-26(6,7)18(3,4)5/h8,11,13,16H,1,9-10H2,2-7H3/t11-,13+,16-/m1/s1. The van der Waals surface area contributed by atoms with Crippen LogP contribution in [0.25, 0.3) is 0 Å². The van der Waals surface area contributed by atoms with Crippen LogP contribution in [0.3, 0.4) is 0 Å². The number of esters is 1. The molecule has 2 heterocycles. The fourth-order valence-electron chi connectivity index (χ4n) is 2.84. The van der Waals surface area contributed by atoms with Gasteiger partial charge in [-0.1, -0.05) is 49.4 Å². The van der Waals surface area contributed by atoms with Crippen molar-refractivity contribution in [3.05, 3.63) is 23.3 Å². The van der Waals surface area contributed by atoms with Gasteiger partial charge in [0.1, 0.15) is 17.7 Å². The number of allylic oxidation sites excluding steroid dienone is 1. The van der Waals surface area contributed by atoms with E-state index in [2.05, 4.69) is 56.4 Å². The van der Waals surface area contributed by atoms with E-state index in [0.717, 1.165) is 4.91 Å². The third-order valence-electron chi connectivity index (χ3n) is 5.29. The largest absolute Gasteiger partial charge is 0.457 e. The lowest BCUT2D eigenvalue weighted by atomic mass is 9.92. The van der Waals surface area contributed by atoms with Crippen LogP contribution >= 0.6 is 27.7 Å². The highest BCUT2D eigenvalue weighted by Gasteiger charge is 2.59. The van der Waals surface area contributed by atoms with Crippen molar-refractivity contribution < 1.29 is 18.8 Å². The Morgan fingerprint density at radius 2 is 2.08 bits per heavy atom. The van der Waals surface area contributed by atoms with Crippen molar-refractivity contribution in [3.8, 4) is 0 Å². The summed E-state index contributed by atoms with van der Waals surface area (Å²) in [6, 6.07) is 0. The number of ether oxygens (including phenoxy) is 1. The second kappa shape index (κ2) is 7.81. The fourth-order valence-corrected chi connectivity index (χ4v) is 6.38. The Bertz CT molecular complexity index is 644. The minimum absolute atomic E-state index is 0.0600. The summed E-state index contributed by atoms with van der Waals surface area (Å²) in [5.41, 5.74) is 0.361. The van der Waals surface area contributed by atoms with Crippen LogP contribution in [-0.2, 0) is 18.8 Å². The highest BCUT2D eigenvalue weighted by atomic mass is 79.9. The van der Waals surface area contributed by atoms with Crippen molar-refractivity contribution in [1.82, 2.24) is 4.90 Å². The Morgan fingerprint density at radius 3 is 2.58 bits per heavy atom. The molecule has 146 valence electrons. The Balaban J connectivity index is 2.14. The van der Waals surface area contributed by atoms with Crippen molar-refractivity contribution in [1.29, 1.82) is 0 Å². The van der Waals surface area contributed by atoms with Crippen LogP contribution in [0, 0.1) is 5.92 Å². The first-order chi connectivity index (χ1) is 12.0. The van der Waals surface area contributed by atoms with Gasteiger partial charge in [0.15, 0.2) is 8.32 Å². The molecule has 0 aromatic heterocycles. The van der Waals surface area contributed by atoms with Crippen LogP contribution in [0.2, 0.25) is 18.1 Å². The van der Waals surface area contributed by atoms with Crippen molar-refractivity contribution >= 4 is 47.9 Å². The summed E-state index contributed by atoms with van der Waals surface area (Å²) < 4.78 is 11.6. The van der Waals surface area contributed by atoms with Crippen molar-refractivity contribution in [3.63, 3.8) is 0 Å². The van der Waals surface area contributed by atoms with Gasteiger partial charge in [-0.2, -0.15) is 0 Å². The van der Waals surface area contributed by atoms with Crippen LogP contribution in [0.15, 0.2) is 23.3 Å². The lowest BCUT2D eigenvalue weighted by molar-refractivity contribution is -0.157. The number of rotatable bonds is 7. The zero-order chi connectivity index (χ0) is 19.9. The van der Waals surface area contributed by atoms with Gasteiger partial charge in [0, 0.05) is 10.2 Å². The zero-order valence-electron chi connectivity index (χ0n) is 16.3. The second-order valence-electron chi connectivity index (χ2n) is 8.12. The zero-order valence-corrected chi connectivity index (χ0v) is 19.7. The summed E-state index contributed by atoms with van der Waals surface area (Å²) in [5.74, 6) is -0.776. The monoisotopic (exact) mass is 461 g/mol. The van der Waals surface area contributed by atoms with Gasteiger partial charge in [0.05, 0.1) is 12.0 Å². The number of hydrogen-bond acceptors (Lipinski definition) is 5. The molecule has 0 aromatic carbocycles. The number of halogens is 1. The predicted octanol–water partition coefficient (Wildman–Crippen LogP) is 4.26. The SMILES string of the molecule is C=CCOC(=O)C1=C(CBr)S[C@@H]2[C@@H]([C@@H](C)O[Si](C)(C)C(C)(C)C)C(=O)N12. The highest BCUT2D eigenvalue weighted by Crippen LogP contribution is 2.52. The summed E-state index contributed by atoms with van der Waals surface area (Å²) >= 11 is 4.97. The average molecular weight is 462 g/mol. The molecule has 1 fully saturated rings. The molecule has 0 unspecified atom stereocenters. The van der Waals surface area contributed by atoms with E-state index < -0.39 is 14.3 Å². The molecule has 1 amide bonds. The van der Waals surface area contributed by atoms with Crippen molar-refractivity contribution in [2.75, 3.05) is 11.9 Å². The molecule has 0 radical (unpaired) electrons. The maximum absolute atomic E-state index is 12.8. The summed E-state index contributed by atoms with van der Waals surface area (Å²) in [4.78, 5) is 27.6. The van der Waals surface area contributed by atoms with E-state index in [-0.39, 0.29) is 34.9 Å². The minimum Gasteiger partial charge on any atom is -0.457 e. The molecule has 0 spiro atoms. The highest BCUT2D eigenvalue weighted by molar-refractivity contribution is 9.09. The first-order valence-electron chi connectivity index (χ1n) is 8.71. The van der Waals surface area contributed by atoms with Crippen molar-refractivity contribution in [2.24, 2.45) is 5.92 Å². The van der Waals surface area contributed by atoms with Crippen LogP contribution < -0.4 is 0 Å². The third-order valence-corrected chi connectivity index (χ3v) is 12.2. The molecule has 3 atom stereocenters. The van der Waals surface area contributed by atoms with E-state index in [1.807, 2.05) is 6.92 Å². The first-order valence-corrected chi connectivity index (χ1v) is 13.6. The number of β-lactam (4-membered cyclic amide) rings is 1. The van der Waals surface area contributed by atoms with E-state index in [9.17, 15) is 9.59 Å². The Hall–Kier alpha value is -0.573. The number of amides is 1. The molecule has 5 nitrogen and oxygen atoms in total. The number of fused-ring (bicyclic) bond motifs is 1. The fraction of sp³-hybridized carbons (Fsp3) is 0.667. The molecule has 0 aliphatic carbocycles. The van der Waals surface area contributed by atoms with E-state index in [1.54, 1.807) is 16.7 Å². The van der Waals surface area contributed by atoms with Crippen LogP contribution in [0.1, 0.15) is 27.7 Å². The van der Waals surface area contributed by atoms with Crippen molar-refractivity contribution in [2.45, 2.75) is 57.3 Å². The van der Waals surface area contributed by atoms with E-state index in [4.69, 9.17) is 9.16 Å². The van der Waals surface area contributed by atoms with E-state index in [1.165, 1.54) is 6.08 Å². The third kappa shape index (κ3) is 3.84. The molecular weight excluding hydrogens is 434 g/mol. The molecule has 2 rings (SSSR count). The van der Waals surface area contributed by atoms with Gasteiger partial charge >= 0.3 is 5.97 Å². The van der Waals surface area contributed by atoms with Gasteiger partial charge in [0.2, 0.25) is 5.91 Å². The van der Waals surface area contributed by atoms with E-state index in [0.29, 0.717) is 11.0 Å². The normalized spacial score (nSPS) is 24.3. The molecule has 0 bridgehead atoms. The summed E-state index contributed by atoms with van der Waals surface area (Å²) in [6.07, 6.45) is 1.33. The maximum Gasteiger partial charge on any atom is 0.356 e. The van der Waals surface area contributed by atoms with Gasteiger partial charge < -0.3 is 9.16 Å². The van der Waals surface area contributed by atoms with Gasteiger partial charge in [-0.3, -0.25) is 9.69 Å². The smallest absolute Gasteiger partial charge is 0.356 e. The van der Waals surface area contributed by atoms with Gasteiger partial charge in [-0.05, 0) is 25.1 Å². The van der Waals surface area contributed by atoms with Gasteiger partial charge in [-0.25, -0.2) is 4.79 Å². The number of carbonyl (C=O) groups excluding carboxylic acids is 2. The molecule has 8 heteroatoms. The Kier molecular flexibility index (Phi) is 6.53. The minimum atomic E-state index is -1.97. The van der Waals surface area contributed by atoms with Gasteiger partial charge in [-0.15, -0.1) is 11.8 Å². The van der Waals surface area contributed by atoms with Crippen LogP contribution in [0.4, 0.5) is 0 Å². The second-order valence-corrected chi connectivity index (χ2v) is 14.6. The summed E-state index contributed by atoms with van der Waals surface area (Å²) in [6.45, 7) is 16.6. The predicted molar refractivity (Wildman–Crippen MR) is 111 cm³/mol. The average Bonchev–Trinajstić information content (AvgIpc) is 2.85. The molecule has 0 aromatic rings. The number of thioether (sulfide) groups is 1. The quantitative estimate of drug-likeness (QED) is 0.186. The lowest BCUT2D eigenvalue weighted by Gasteiger charge is -2.48. The molecule has 1 saturated heterocycles. The van der Waals surface area contributed by atoms with Crippen LogP contribution in [-0.4, -0.2) is 48.5 Å². The number of alkyl halides is 1. The topological polar surface area (TPSA) is 55.8 Å². The lowest BCUT2D eigenvalue weighted by Crippen LogP contribution is -2.62.